The lowest BCUT2D eigenvalue weighted by Gasteiger charge is -2.27. The molecular weight excluding hydrogens is 246 g/mol. The highest BCUT2D eigenvalue weighted by Gasteiger charge is 2.26. The number of hydrogen-bond acceptors (Lipinski definition) is 2. The third kappa shape index (κ3) is 2.27. The normalized spacial score (nSPS) is 17.6. The zero-order chi connectivity index (χ0) is 14.1. The van der Waals surface area contributed by atoms with Crippen LogP contribution in [-0.2, 0) is 12.8 Å². The Kier molecular flexibility index (Phi) is 3.62. The summed E-state index contributed by atoms with van der Waals surface area (Å²) in [6.07, 6.45) is 4.77. The molecule has 1 aromatic carbocycles. The van der Waals surface area contributed by atoms with Crippen LogP contribution in [0.3, 0.4) is 0 Å². The van der Waals surface area contributed by atoms with E-state index in [9.17, 15) is 0 Å². The molecule has 0 saturated carbocycles. The predicted molar refractivity (Wildman–Crippen MR) is 81.8 cm³/mol. The Bertz CT molecular complexity index is 584. The minimum Gasteiger partial charge on any atom is -0.326 e. The second-order valence-corrected chi connectivity index (χ2v) is 5.84. The second-order valence-electron chi connectivity index (χ2n) is 5.84. The van der Waals surface area contributed by atoms with Gasteiger partial charge < -0.3 is 10.3 Å². The van der Waals surface area contributed by atoms with Gasteiger partial charge in [0.25, 0.3) is 0 Å². The van der Waals surface area contributed by atoms with E-state index in [1.165, 1.54) is 29.8 Å². The number of nitrogens with zero attached hydrogens (tertiary/aromatic N) is 2. The number of aryl methyl sites for hydroxylation is 2. The maximum Gasteiger partial charge on any atom is 0.106 e. The predicted octanol–water partition coefficient (Wildman–Crippen LogP) is 3.01. The van der Waals surface area contributed by atoms with E-state index in [2.05, 4.69) is 48.7 Å². The molecule has 3 heteroatoms. The Morgan fingerprint density at radius 2 is 1.85 bits per heavy atom. The molecule has 2 N–H and O–H groups in total. The van der Waals surface area contributed by atoms with Gasteiger partial charge in [-0.1, -0.05) is 30.3 Å². The van der Waals surface area contributed by atoms with Crippen LogP contribution >= 0.6 is 0 Å². The Hall–Kier alpha value is -1.61. The number of imidazole rings is 1. The molecule has 106 valence electrons. The number of hydrogen-bond donors (Lipinski definition) is 1. The maximum absolute atomic E-state index is 6.31. The average molecular weight is 269 g/mol. The van der Waals surface area contributed by atoms with Crippen molar-refractivity contribution < 1.29 is 0 Å². The van der Waals surface area contributed by atoms with Gasteiger partial charge in [0, 0.05) is 11.7 Å². The first-order valence-electron chi connectivity index (χ1n) is 7.55. The molecule has 0 bridgehead atoms. The molecule has 0 radical (unpaired) electrons. The van der Waals surface area contributed by atoms with Crippen molar-refractivity contribution in [2.45, 2.75) is 51.6 Å². The summed E-state index contributed by atoms with van der Waals surface area (Å²) in [5.41, 5.74) is 10.3. The quantitative estimate of drug-likeness (QED) is 0.931. The number of benzene rings is 1. The minimum atomic E-state index is 0.0660. The maximum atomic E-state index is 6.31. The van der Waals surface area contributed by atoms with Gasteiger partial charge in [0.1, 0.15) is 5.82 Å². The van der Waals surface area contributed by atoms with Gasteiger partial charge in [0.05, 0.1) is 11.7 Å². The van der Waals surface area contributed by atoms with E-state index in [-0.39, 0.29) is 12.1 Å². The van der Waals surface area contributed by atoms with Gasteiger partial charge in [-0.05, 0) is 45.1 Å². The summed E-state index contributed by atoms with van der Waals surface area (Å²) >= 11 is 0. The van der Waals surface area contributed by atoms with Crippen LogP contribution < -0.4 is 5.73 Å². The van der Waals surface area contributed by atoms with E-state index in [0.29, 0.717) is 0 Å². The molecule has 2 atom stereocenters. The van der Waals surface area contributed by atoms with E-state index in [4.69, 9.17) is 10.7 Å². The highest BCUT2D eigenvalue weighted by molar-refractivity contribution is 5.28. The summed E-state index contributed by atoms with van der Waals surface area (Å²) in [5.74, 6) is 1.10. The van der Waals surface area contributed by atoms with Crippen molar-refractivity contribution in [3.8, 4) is 0 Å². The summed E-state index contributed by atoms with van der Waals surface area (Å²) < 4.78 is 2.38. The lowest BCUT2D eigenvalue weighted by Crippen LogP contribution is -2.32. The molecule has 0 aliphatic heterocycles. The molecular formula is C17H23N3. The Labute approximate surface area is 120 Å². The van der Waals surface area contributed by atoms with Crippen molar-refractivity contribution in [2.75, 3.05) is 0 Å². The fraction of sp³-hybridized carbons (Fsp3) is 0.471. The number of nitrogens with two attached hydrogens (primary N) is 1. The first-order valence-corrected chi connectivity index (χ1v) is 7.55. The standard InChI is InChI=1S/C17H23N3/c1-12(18)17(14-8-4-3-5-9-14)20-13(2)19-15-10-6-7-11-16(15)20/h3-5,8-9,12,17H,6-7,10-11,18H2,1-2H3. The fourth-order valence-corrected chi connectivity index (χ4v) is 3.41. The Morgan fingerprint density at radius 3 is 2.55 bits per heavy atom. The summed E-state index contributed by atoms with van der Waals surface area (Å²) in [6, 6.07) is 10.8. The van der Waals surface area contributed by atoms with Crippen LogP contribution in [0.5, 0.6) is 0 Å². The molecule has 0 saturated heterocycles. The van der Waals surface area contributed by atoms with Crippen LogP contribution in [-0.4, -0.2) is 15.6 Å². The zero-order valence-corrected chi connectivity index (χ0v) is 12.3. The van der Waals surface area contributed by atoms with Crippen molar-refractivity contribution >= 4 is 0 Å². The van der Waals surface area contributed by atoms with Gasteiger partial charge >= 0.3 is 0 Å². The lowest BCUT2D eigenvalue weighted by atomic mass is 9.97. The van der Waals surface area contributed by atoms with Crippen LogP contribution in [0.2, 0.25) is 0 Å². The summed E-state index contributed by atoms with van der Waals surface area (Å²) in [4.78, 5) is 4.79. The molecule has 3 rings (SSSR count). The molecule has 2 aromatic rings. The fourth-order valence-electron chi connectivity index (χ4n) is 3.41. The summed E-state index contributed by atoms with van der Waals surface area (Å²) in [5, 5.41) is 0. The zero-order valence-electron chi connectivity index (χ0n) is 12.3. The van der Waals surface area contributed by atoms with E-state index >= 15 is 0 Å². The molecule has 0 amide bonds. The second kappa shape index (κ2) is 5.41. The van der Waals surface area contributed by atoms with Gasteiger partial charge in [-0.15, -0.1) is 0 Å². The number of fused-ring (bicyclic) bond motifs is 1. The van der Waals surface area contributed by atoms with Gasteiger partial charge in [0.2, 0.25) is 0 Å². The van der Waals surface area contributed by atoms with E-state index in [0.717, 1.165) is 18.7 Å². The molecule has 0 fully saturated rings. The van der Waals surface area contributed by atoms with Gasteiger partial charge in [-0.2, -0.15) is 0 Å². The molecule has 0 spiro atoms. The van der Waals surface area contributed by atoms with Crippen LogP contribution in [0.25, 0.3) is 0 Å². The van der Waals surface area contributed by atoms with Crippen LogP contribution in [0, 0.1) is 6.92 Å². The molecule has 1 aliphatic carbocycles. The van der Waals surface area contributed by atoms with Crippen LogP contribution in [0.4, 0.5) is 0 Å². The molecule has 20 heavy (non-hydrogen) atoms. The first-order chi connectivity index (χ1) is 9.68. The third-order valence-electron chi connectivity index (χ3n) is 4.26. The molecule has 2 unspecified atom stereocenters. The van der Waals surface area contributed by atoms with Gasteiger partial charge in [-0.25, -0.2) is 4.98 Å². The molecule has 1 heterocycles. The van der Waals surface area contributed by atoms with Crippen molar-refractivity contribution in [1.29, 1.82) is 0 Å². The number of rotatable bonds is 3. The van der Waals surface area contributed by atoms with Crippen LogP contribution in [0.15, 0.2) is 30.3 Å². The van der Waals surface area contributed by atoms with E-state index < -0.39 is 0 Å². The Morgan fingerprint density at radius 1 is 1.15 bits per heavy atom. The highest BCUT2D eigenvalue weighted by atomic mass is 15.1. The minimum absolute atomic E-state index is 0.0660. The summed E-state index contributed by atoms with van der Waals surface area (Å²) in [6.45, 7) is 4.20. The lowest BCUT2D eigenvalue weighted by molar-refractivity contribution is 0.465. The van der Waals surface area contributed by atoms with Gasteiger partial charge in [0.15, 0.2) is 0 Å². The van der Waals surface area contributed by atoms with Crippen molar-refractivity contribution in [1.82, 2.24) is 9.55 Å². The highest BCUT2D eigenvalue weighted by Crippen LogP contribution is 2.30. The van der Waals surface area contributed by atoms with Crippen molar-refractivity contribution in [2.24, 2.45) is 5.73 Å². The van der Waals surface area contributed by atoms with Crippen LogP contribution in [0.1, 0.15) is 48.6 Å². The average Bonchev–Trinajstić information content (AvgIpc) is 2.77. The molecule has 1 aliphatic rings. The monoisotopic (exact) mass is 269 g/mol. The van der Waals surface area contributed by atoms with E-state index in [1.54, 1.807) is 0 Å². The van der Waals surface area contributed by atoms with E-state index in [1.807, 2.05) is 0 Å². The topological polar surface area (TPSA) is 43.8 Å². The Balaban J connectivity index is 2.11. The smallest absolute Gasteiger partial charge is 0.106 e. The summed E-state index contributed by atoms with van der Waals surface area (Å²) in [7, 11) is 0. The van der Waals surface area contributed by atoms with Crippen molar-refractivity contribution in [3.63, 3.8) is 0 Å². The molecule has 1 aromatic heterocycles. The number of aromatic nitrogens is 2. The first kappa shape index (κ1) is 13.4. The van der Waals surface area contributed by atoms with Crippen molar-refractivity contribution in [3.05, 3.63) is 53.1 Å². The van der Waals surface area contributed by atoms with Gasteiger partial charge in [-0.3, -0.25) is 0 Å². The largest absolute Gasteiger partial charge is 0.326 e. The molecule has 3 nitrogen and oxygen atoms in total. The third-order valence-corrected chi connectivity index (χ3v) is 4.26. The SMILES string of the molecule is Cc1nc2c(n1C(c1ccccc1)C(C)N)CCCC2.